The van der Waals surface area contributed by atoms with Crippen LogP contribution in [0, 0.1) is 0 Å². The summed E-state index contributed by atoms with van der Waals surface area (Å²) < 4.78 is 0. The van der Waals surface area contributed by atoms with E-state index in [9.17, 15) is 14.7 Å². The molecule has 102 valence electrons. The van der Waals surface area contributed by atoms with Crippen LogP contribution in [0.15, 0.2) is 24.3 Å². The van der Waals surface area contributed by atoms with Gasteiger partial charge in [-0.3, -0.25) is 9.59 Å². The number of hydrogen-bond acceptors (Lipinski definition) is 3. The Morgan fingerprint density at radius 3 is 2.95 bits per heavy atom. The van der Waals surface area contributed by atoms with Gasteiger partial charge >= 0.3 is 0 Å². The molecule has 2 N–H and O–H groups in total. The second-order valence-corrected chi connectivity index (χ2v) is 4.74. The fraction of sp³-hybridized carbons (Fsp3) is 0.429. The Kier molecular flexibility index (Phi) is 4.16. The molecule has 1 atom stereocenters. The Hall–Kier alpha value is -1.88. The van der Waals surface area contributed by atoms with E-state index < -0.39 is 0 Å². The van der Waals surface area contributed by atoms with Gasteiger partial charge < -0.3 is 15.3 Å². The van der Waals surface area contributed by atoms with Crippen LogP contribution < -0.4 is 5.32 Å². The highest BCUT2D eigenvalue weighted by molar-refractivity contribution is 5.97. The third kappa shape index (κ3) is 3.12. The number of carbonyl (C=O) groups is 2. The van der Waals surface area contributed by atoms with Gasteiger partial charge in [0.15, 0.2) is 0 Å². The lowest BCUT2D eigenvalue weighted by Gasteiger charge is -2.23. The Balaban J connectivity index is 2.16. The van der Waals surface area contributed by atoms with Gasteiger partial charge in [-0.1, -0.05) is 6.07 Å². The van der Waals surface area contributed by atoms with Gasteiger partial charge in [0, 0.05) is 24.7 Å². The summed E-state index contributed by atoms with van der Waals surface area (Å²) in [7, 11) is 0. The fourth-order valence-corrected chi connectivity index (χ4v) is 2.39. The number of rotatable bonds is 3. The van der Waals surface area contributed by atoms with Gasteiger partial charge in [-0.15, -0.1) is 0 Å². The van der Waals surface area contributed by atoms with Gasteiger partial charge in [-0.2, -0.15) is 0 Å². The Morgan fingerprint density at radius 1 is 1.47 bits per heavy atom. The molecule has 1 saturated heterocycles. The van der Waals surface area contributed by atoms with E-state index in [1.807, 2.05) is 0 Å². The number of amides is 2. The number of benzene rings is 1. The van der Waals surface area contributed by atoms with Crippen LogP contribution in [0.4, 0.5) is 5.69 Å². The highest BCUT2D eigenvalue weighted by Gasteiger charge is 2.28. The minimum absolute atomic E-state index is 0.00285. The molecule has 19 heavy (non-hydrogen) atoms. The minimum atomic E-state index is -0.168. The first kappa shape index (κ1) is 13.5. The smallest absolute Gasteiger partial charge is 0.254 e. The first-order chi connectivity index (χ1) is 9.11. The summed E-state index contributed by atoms with van der Waals surface area (Å²) in [5, 5.41) is 11.9. The third-order valence-electron chi connectivity index (χ3n) is 3.28. The highest BCUT2D eigenvalue weighted by atomic mass is 16.3. The van der Waals surface area contributed by atoms with E-state index in [4.69, 9.17) is 0 Å². The molecule has 5 heteroatoms. The van der Waals surface area contributed by atoms with E-state index in [2.05, 4.69) is 5.32 Å². The standard InChI is InChI=1S/C14H18N2O3/c1-10(18)15-12-5-2-4-11(8-12)14(19)16-7-3-6-13(16)9-17/h2,4-5,8,13,17H,3,6-7,9H2,1H3,(H,15,18)/t13-/m1/s1. The number of anilines is 1. The van der Waals surface area contributed by atoms with Crippen molar-refractivity contribution in [2.45, 2.75) is 25.8 Å². The number of likely N-dealkylation sites (tertiary alicyclic amines) is 1. The summed E-state index contributed by atoms with van der Waals surface area (Å²) in [5.41, 5.74) is 1.14. The molecule has 5 nitrogen and oxygen atoms in total. The Morgan fingerprint density at radius 2 is 2.26 bits per heavy atom. The molecule has 1 heterocycles. The topological polar surface area (TPSA) is 69.6 Å². The van der Waals surface area contributed by atoms with E-state index in [-0.39, 0.29) is 24.5 Å². The van der Waals surface area contributed by atoms with E-state index in [0.29, 0.717) is 17.8 Å². The first-order valence-corrected chi connectivity index (χ1v) is 6.41. The van der Waals surface area contributed by atoms with Crippen molar-refractivity contribution in [3.8, 4) is 0 Å². The van der Waals surface area contributed by atoms with Crippen molar-refractivity contribution in [1.29, 1.82) is 0 Å². The lowest BCUT2D eigenvalue weighted by atomic mass is 10.1. The average Bonchev–Trinajstić information content (AvgIpc) is 2.85. The van der Waals surface area contributed by atoms with Crippen LogP contribution in [0.3, 0.4) is 0 Å². The third-order valence-corrected chi connectivity index (χ3v) is 3.28. The molecule has 1 aromatic carbocycles. The monoisotopic (exact) mass is 262 g/mol. The van der Waals surface area contributed by atoms with Crippen LogP contribution in [0.5, 0.6) is 0 Å². The summed E-state index contributed by atoms with van der Waals surface area (Å²) >= 11 is 0. The molecule has 2 rings (SSSR count). The molecule has 0 unspecified atom stereocenters. The van der Waals surface area contributed by atoms with Crippen LogP contribution >= 0.6 is 0 Å². The van der Waals surface area contributed by atoms with Gasteiger partial charge in [0.05, 0.1) is 12.6 Å². The van der Waals surface area contributed by atoms with Crippen molar-refractivity contribution >= 4 is 17.5 Å². The zero-order valence-corrected chi connectivity index (χ0v) is 10.9. The van der Waals surface area contributed by atoms with E-state index in [1.165, 1.54) is 6.92 Å². The number of nitrogens with zero attached hydrogens (tertiary/aromatic N) is 1. The molecule has 0 aromatic heterocycles. The number of carbonyl (C=O) groups excluding carboxylic acids is 2. The molecule has 2 amide bonds. The number of nitrogens with one attached hydrogen (secondary N) is 1. The predicted molar refractivity (Wildman–Crippen MR) is 71.9 cm³/mol. The van der Waals surface area contributed by atoms with Crippen molar-refractivity contribution in [3.63, 3.8) is 0 Å². The second kappa shape index (κ2) is 5.84. The van der Waals surface area contributed by atoms with Crippen LogP contribution in [0.2, 0.25) is 0 Å². The van der Waals surface area contributed by atoms with Gasteiger partial charge in [0.25, 0.3) is 5.91 Å². The summed E-state index contributed by atoms with van der Waals surface area (Å²) in [6.07, 6.45) is 1.76. The van der Waals surface area contributed by atoms with Gasteiger partial charge in [0.1, 0.15) is 0 Å². The molecule has 1 aliphatic heterocycles. The Labute approximate surface area is 112 Å². The zero-order valence-electron chi connectivity index (χ0n) is 10.9. The van der Waals surface area contributed by atoms with Crippen molar-refractivity contribution in [2.75, 3.05) is 18.5 Å². The maximum Gasteiger partial charge on any atom is 0.254 e. The molecule has 1 aliphatic rings. The molecule has 0 radical (unpaired) electrons. The number of hydrogen-bond donors (Lipinski definition) is 2. The predicted octanol–water partition coefficient (Wildman–Crippen LogP) is 1.24. The largest absolute Gasteiger partial charge is 0.394 e. The van der Waals surface area contributed by atoms with Crippen LogP contribution in [-0.4, -0.2) is 41.0 Å². The SMILES string of the molecule is CC(=O)Nc1cccc(C(=O)N2CCC[C@@H]2CO)c1. The molecular weight excluding hydrogens is 244 g/mol. The normalized spacial score (nSPS) is 18.4. The molecule has 1 aromatic rings. The lowest BCUT2D eigenvalue weighted by molar-refractivity contribution is -0.114. The summed E-state index contributed by atoms with van der Waals surface area (Å²) in [6, 6.07) is 6.78. The highest BCUT2D eigenvalue weighted by Crippen LogP contribution is 2.21. The van der Waals surface area contributed by atoms with Crippen LogP contribution in [0.1, 0.15) is 30.1 Å². The van der Waals surface area contributed by atoms with Crippen LogP contribution in [-0.2, 0) is 4.79 Å². The minimum Gasteiger partial charge on any atom is -0.394 e. The zero-order chi connectivity index (χ0) is 13.8. The average molecular weight is 262 g/mol. The molecule has 1 fully saturated rings. The first-order valence-electron chi connectivity index (χ1n) is 6.41. The second-order valence-electron chi connectivity index (χ2n) is 4.74. The lowest BCUT2D eigenvalue weighted by Crippen LogP contribution is -2.37. The summed E-state index contributed by atoms with van der Waals surface area (Å²) in [4.78, 5) is 25.1. The van der Waals surface area contributed by atoms with Gasteiger partial charge in [0.2, 0.25) is 5.91 Å². The maximum atomic E-state index is 12.4. The fourth-order valence-electron chi connectivity index (χ4n) is 2.39. The molecule has 0 saturated carbocycles. The van der Waals surface area contributed by atoms with Gasteiger partial charge in [-0.25, -0.2) is 0 Å². The van der Waals surface area contributed by atoms with E-state index in [1.54, 1.807) is 29.2 Å². The molecule has 0 aliphatic carbocycles. The Bertz CT molecular complexity index is 487. The van der Waals surface area contributed by atoms with Crippen molar-refractivity contribution in [1.82, 2.24) is 4.90 Å². The van der Waals surface area contributed by atoms with Crippen molar-refractivity contribution < 1.29 is 14.7 Å². The van der Waals surface area contributed by atoms with Crippen LogP contribution in [0.25, 0.3) is 0 Å². The number of aliphatic hydroxyl groups excluding tert-OH is 1. The van der Waals surface area contributed by atoms with Crippen molar-refractivity contribution in [3.05, 3.63) is 29.8 Å². The van der Waals surface area contributed by atoms with E-state index >= 15 is 0 Å². The quantitative estimate of drug-likeness (QED) is 0.861. The van der Waals surface area contributed by atoms with E-state index in [0.717, 1.165) is 12.8 Å². The molecule has 0 spiro atoms. The summed E-state index contributed by atoms with van der Waals surface area (Å²) in [5.74, 6) is -0.261. The summed E-state index contributed by atoms with van der Waals surface area (Å²) in [6.45, 7) is 2.10. The maximum absolute atomic E-state index is 12.4. The van der Waals surface area contributed by atoms with Crippen molar-refractivity contribution in [2.24, 2.45) is 0 Å². The van der Waals surface area contributed by atoms with Gasteiger partial charge in [-0.05, 0) is 31.0 Å². The number of aliphatic hydroxyl groups is 1. The molecular formula is C14H18N2O3. The molecule has 0 bridgehead atoms.